The van der Waals surface area contributed by atoms with Gasteiger partial charge in [-0.3, -0.25) is 0 Å². The van der Waals surface area contributed by atoms with E-state index in [0.29, 0.717) is 5.41 Å². The van der Waals surface area contributed by atoms with Gasteiger partial charge in [-0.2, -0.15) is 0 Å². The Kier molecular flexibility index (Phi) is 1.41. The van der Waals surface area contributed by atoms with Crippen LogP contribution in [0.25, 0.3) is 0 Å². The van der Waals surface area contributed by atoms with Gasteiger partial charge in [0.15, 0.2) is 0 Å². The fourth-order valence-corrected chi connectivity index (χ4v) is 1.57. The largest absolute Gasteiger partial charge is 0.245 e. The summed E-state index contributed by atoms with van der Waals surface area (Å²) in [6.45, 7) is 2.24. The molecule has 0 atom stereocenters. The molecular weight excluding hydrogens is 136 g/mol. The van der Waals surface area contributed by atoms with Gasteiger partial charge in [0, 0.05) is 12.4 Å². The first-order valence-electron chi connectivity index (χ1n) is 4.13. The molecule has 1 aliphatic carbocycles. The Morgan fingerprint density at radius 3 is 2.45 bits per heavy atom. The first kappa shape index (κ1) is 6.77. The average molecular weight is 148 g/mol. The van der Waals surface area contributed by atoms with Crippen molar-refractivity contribution in [1.29, 1.82) is 0 Å². The van der Waals surface area contributed by atoms with Crippen LogP contribution in [0.2, 0.25) is 0 Å². The lowest BCUT2D eigenvalue weighted by Gasteiger charge is -2.09. The molecule has 1 aromatic heterocycles. The fraction of sp³-hybridized carbons (Fsp3) is 0.556. The maximum Gasteiger partial charge on any atom is 0.115 e. The molecule has 0 aromatic carbocycles. The summed E-state index contributed by atoms with van der Waals surface area (Å²) >= 11 is 0. The maximum atomic E-state index is 4.03. The van der Waals surface area contributed by atoms with E-state index in [1.807, 2.05) is 12.4 Å². The summed E-state index contributed by atoms with van der Waals surface area (Å²) in [6.07, 6.45) is 9.34. The van der Waals surface area contributed by atoms with Crippen LogP contribution in [0.4, 0.5) is 0 Å². The molecule has 58 valence electrons. The lowest BCUT2D eigenvalue weighted by atomic mass is 9.96. The molecule has 0 saturated heterocycles. The summed E-state index contributed by atoms with van der Waals surface area (Å²) in [5, 5.41) is 0. The molecule has 1 heterocycles. The first-order valence-corrected chi connectivity index (χ1v) is 4.13. The van der Waals surface area contributed by atoms with E-state index >= 15 is 0 Å². The van der Waals surface area contributed by atoms with E-state index in [0.717, 1.165) is 0 Å². The van der Waals surface area contributed by atoms with Crippen molar-refractivity contribution in [2.45, 2.75) is 31.6 Å². The molecule has 0 aliphatic heterocycles. The molecule has 2 heteroatoms. The van der Waals surface area contributed by atoms with E-state index in [9.17, 15) is 0 Å². The Hall–Kier alpha value is -0.920. The molecule has 0 spiro atoms. The van der Waals surface area contributed by atoms with Crippen molar-refractivity contribution in [3.8, 4) is 0 Å². The quantitative estimate of drug-likeness (QED) is 0.640. The lowest BCUT2D eigenvalue weighted by Crippen LogP contribution is -2.04. The van der Waals surface area contributed by atoms with E-state index in [4.69, 9.17) is 0 Å². The van der Waals surface area contributed by atoms with Gasteiger partial charge in [-0.15, -0.1) is 0 Å². The van der Waals surface area contributed by atoms with Gasteiger partial charge in [-0.1, -0.05) is 6.92 Å². The van der Waals surface area contributed by atoms with Crippen LogP contribution < -0.4 is 0 Å². The van der Waals surface area contributed by atoms with E-state index in [2.05, 4.69) is 16.9 Å². The number of hydrogen-bond acceptors (Lipinski definition) is 2. The van der Waals surface area contributed by atoms with Crippen LogP contribution >= 0.6 is 0 Å². The smallest absolute Gasteiger partial charge is 0.115 e. The minimum Gasteiger partial charge on any atom is -0.245 e. The van der Waals surface area contributed by atoms with Gasteiger partial charge in [0.25, 0.3) is 0 Å². The van der Waals surface area contributed by atoms with Crippen LogP contribution in [-0.2, 0) is 5.41 Å². The second kappa shape index (κ2) is 2.29. The monoisotopic (exact) mass is 148 g/mol. The van der Waals surface area contributed by atoms with Crippen molar-refractivity contribution in [1.82, 2.24) is 9.97 Å². The normalized spacial score (nSPS) is 19.7. The summed E-state index contributed by atoms with van der Waals surface area (Å²) in [7, 11) is 0. The van der Waals surface area contributed by atoms with Gasteiger partial charge in [-0.25, -0.2) is 9.97 Å². The lowest BCUT2D eigenvalue weighted by molar-refractivity contribution is 0.656. The van der Waals surface area contributed by atoms with E-state index < -0.39 is 0 Å². The third-order valence-corrected chi connectivity index (χ3v) is 2.70. The SMILES string of the molecule is CCC1(c2cncnc2)CC1. The summed E-state index contributed by atoms with van der Waals surface area (Å²) in [4.78, 5) is 8.06. The van der Waals surface area contributed by atoms with Crippen LogP contribution in [0.3, 0.4) is 0 Å². The first-order chi connectivity index (χ1) is 5.37. The van der Waals surface area contributed by atoms with Gasteiger partial charge in [-0.05, 0) is 30.2 Å². The molecule has 1 aliphatic rings. The van der Waals surface area contributed by atoms with Crippen LogP contribution in [0.5, 0.6) is 0 Å². The van der Waals surface area contributed by atoms with Crippen molar-refractivity contribution < 1.29 is 0 Å². The Balaban J connectivity index is 2.30. The highest BCUT2D eigenvalue weighted by Crippen LogP contribution is 2.50. The van der Waals surface area contributed by atoms with Crippen molar-refractivity contribution in [2.75, 3.05) is 0 Å². The Labute approximate surface area is 66.7 Å². The molecule has 0 amide bonds. The summed E-state index contributed by atoms with van der Waals surface area (Å²) < 4.78 is 0. The molecule has 0 unspecified atom stereocenters. The van der Waals surface area contributed by atoms with E-state index in [1.54, 1.807) is 6.33 Å². The van der Waals surface area contributed by atoms with Crippen molar-refractivity contribution >= 4 is 0 Å². The van der Waals surface area contributed by atoms with E-state index in [-0.39, 0.29) is 0 Å². The van der Waals surface area contributed by atoms with Gasteiger partial charge in [0.2, 0.25) is 0 Å². The molecule has 0 bridgehead atoms. The van der Waals surface area contributed by atoms with Crippen molar-refractivity contribution in [3.63, 3.8) is 0 Å². The van der Waals surface area contributed by atoms with Gasteiger partial charge in [0.05, 0.1) is 0 Å². The molecule has 1 aromatic rings. The summed E-state index contributed by atoms with van der Waals surface area (Å²) in [5.41, 5.74) is 1.78. The molecule has 2 rings (SSSR count). The predicted molar refractivity (Wildman–Crippen MR) is 43.2 cm³/mol. The molecule has 2 nitrogen and oxygen atoms in total. The number of rotatable bonds is 2. The summed E-state index contributed by atoms with van der Waals surface area (Å²) in [6, 6.07) is 0. The minimum absolute atomic E-state index is 0.460. The van der Waals surface area contributed by atoms with Crippen LogP contribution in [0.1, 0.15) is 31.7 Å². The molecule has 11 heavy (non-hydrogen) atoms. The number of aromatic nitrogens is 2. The Morgan fingerprint density at radius 1 is 1.36 bits per heavy atom. The molecule has 0 N–H and O–H groups in total. The Bertz CT molecular complexity index is 239. The minimum atomic E-state index is 0.460. The molecular formula is C9H12N2. The van der Waals surface area contributed by atoms with Crippen molar-refractivity contribution in [3.05, 3.63) is 24.3 Å². The predicted octanol–water partition coefficient (Wildman–Crippen LogP) is 1.92. The van der Waals surface area contributed by atoms with Crippen LogP contribution in [0, 0.1) is 0 Å². The fourth-order valence-electron chi connectivity index (χ4n) is 1.57. The zero-order valence-corrected chi connectivity index (χ0v) is 6.75. The second-order valence-electron chi connectivity index (χ2n) is 3.26. The topological polar surface area (TPSA) is 25.8 Å². The zero-order chi connectivity index (χ0) is 7.73. The molecule has 0 radical (unpaired) electrons. The van der Waals surface area contributed by atoms with Gasteiger partial charge in [0.1, 0.15) is 6.33 Å². The molecule has 1 fully saturated rings. The average Bonchev–Trinajstić information content (AvgIpc) is 2.86. The molecule has 1 saturated carbocycles. The summed E-state index contributed by atoms with van der Waals surface area (Å²) in [5.74, 6) is 0. The van der Waals surface area contributed by atoms with E-state index in [1.165, 1.54) is 24.8 Å². The third kappa shape index (κ3) is 1.02. The van der Waals surface area contributed by atoms with Gasteiger partial charge < -0.3 is 0 Å². The number of hydrogen-bond donors (Lipinski definition) is 0. The Morgan fingerprint density at radius 2 is 2.00 bits per heavy atom. The standard InChI is InChI=1S/C9H12N2/c1-2-9(3-4-9)8-5-10-7-11-6-8/h5-7H,2-4H2,1H3. The zero-order valence-electron chi connectivity index (χ0n) is 6.75. The highest BCUT2D eigenvalue weighted by atomic mass is 14.8. The van der Waals surface area contributed by atoms with Crippen LogP contribution in [0.15, 0.2) is 18.7 Å². The van der Waals surface area contributed by atoms with Crippen LogP contribution in [-0.4, -0.2) is 9.97 Å². The number of nitrogens with zero attached hydrogens (tertiary/aromatic N) is 2. The van der Waals surface area contributed by atoms with Crippen molar-refractivity contribution in [2.24, 2.45) is 0 Å². The van der Waals surface area contributed by atoms with Gasteiger partial charge >= 0.3 is 0 Å². The third-order valence-electron chi connectivity index (χ3n) is 2.70. The highest BCUT2D eigenvalue weighted by Gasteiger charge is 2.42. The second-order valence-corrected chi connectivity index (χ2v) is 3.26. The maximum absolute atomic E-state index is 4.03. The highest BCUT2D eigenvalue weighted by molar-refractivity contribution is 5.25.